The third-order valence-corrected chi connectivity index (χ3v) is 5.19. The van der Waals surface area contributed by atoms with Crippen molar-refractivity contribution in [1.29, 1.82) is 0 Å². The van der Waals surface area contributed by atoms with E-state index in [0.29, 0.717) is 19.5 Å². The monoisotopic (exact) mass is 324 g/mol. The van der Waals surface area contributed by atoms with Crippen LogP contribution in [0.4, 0.5) is 0 Å². The smallest absolute Gasteiger partial charge is 0.308 e. The predicted molar refractivity (Wildman–Crippen MR) is 90.0 cm³/mol. The van der Waals surface area contributed by atoms with E-state index in [1.807, 2.05) is 24.3 Å². The summed E-state index contributed by atoms with van der Waals surface area (Å²) in [5, 5.41) is 10.2. The molecule has 1 aliphatic heterocycles. The minimum Gasteiger partial charge on any atom is -0.481 e. The lowest BCUT2D eigenvalue weighted by molar-refractivity contribution is -0.143. The van der Waals surface area contributed by atoms with Crippen LogP contribution in [-0.2, 0) is 17.6 Å². The maximum atomic E-state index is 13.2. The fourth-order valence-corrected chi connectivity index (χ4v) is 3.98. The molecule has 1 aromatic heterocycles. The number of nitrogens with zero attached hydrogens (tertiary/aromatic N) is 2. The normalized spacial score (nSPS) is 20.2. The number of benzene rings is 1. The van der Waals surface area contributed by atoms with Crippen LogP contribution in [0.1, 0.15) is 40.9 Å². The summed E-state index contributed by atoms with van der Waals surface area (Å²) in [6.45, 7) is 0.938. The molecule has 124 valence electrons. The summed E-state index contributed by atoms with van der Waals surface area (Å²) in [5.74, 6) is -1.29. The second-order valence-electron chi connectivity index (χ2n) is 6.71. The highest BCUT2D eigenvalue weighted by molar-refractivity contribution is 6.08. The average molecular weight is 324 g/mol. The number of piperidine rings is 1. The fourth-order valence-electron chi connectivity index (χ4n) is 3.98. The summed E-state index contributed by atoms with van der Waals surface area (Å²) in [7, 11) is 0. The number of aromatic nitrogens is 1. The molecule has 0 spiro atoms. The van der Waals surface area contributed by atoms with Gasteiger partial charge in [0, 0.05) is 24.2 Å². The van der Waals surface area contributed by atoms with Crippen LogP contribution in [-0.4, -0.2) is 40.0 Å². The summed E-state index contributed by atoms with van der Waals surface area (Å²) in [6, 6.07) is 7.76. The van der Waals surface area contributed by atoms with Crippen molar-refractivity contribution in [3.05, 3.63) is 41.1 Å². The Labute approximate surface area is 140 Å². The number of fused-ring (bicyclic) bond motifs is 2. The number of aliphatic carboxylic acids is 1. The van der Waals surface area contributed by atoms with E-state index in [9.17, 15) is 14.7 Å². The number of para-hydroxylation sites is 1. The zero-order valence-electron chi connectivity index (χ0n) is 13.5. The van der Waals surface area contributed by atoms with E-state index in [4.69, 9.17) is 4.98 Å². The van der Waals surface area contributed by atoms with Gasteiger partial charge in [-0.05, 0) is 43.7 Å². The van der Waals surface area contributed by atoms with Crippen LogP contribution in [0.25, 0.3) is 10.9 Å². The van der Waals surface area contributed by atoms with Gasteiger partial charge in [0.15, 0.2) is 0 Å². The zero-order valence-corrected chi connectivity index (χ0v) is 13.5. The highest BCUT2D eigenvalue weighted by atomic mass is 16.4. The molecule has 2 aliphatic rings. The maximum Gasteiger partial charge on any atom is 0.308 e. The Morgan fingerprint density at radius 2 is 2.00 bits per heavy atom. The molecule has 5 nitrogen and oxygen atoms in total. The van der Waals surface area contributed by atoms with Gasteiger partial charge in [-0.15, -0.1) is 0 Å². The molecule has 4 rings (SSSR count). The van der Waals surface area contributed by atoms with E-state index in [0.717, 1.165) is 53.4 Å². The Morgan fingerprint density at radius 1 is 1.17 bits per heavy atom. The van der Waals surface area contributed by atoms with E-state index in [-0.39, 0.29) is 5.91 Å². The van der Waals surface area contributed by atoms with E-state index < -0.39 is 11.9 Å². The van der Waals surface area contributed by atoms with E-state index in [2.05, 4.69) is 0 Å². The van der Waals surface area contributed by atoms with Crippen molar-refractivity contribution >= 4 is 22.8 Å². The average Bonchev–Trinajstić information content (AvgIpc) is 3.07. The highest BCUT2D eigenvalue weighted by Gasteiger charge is 2.32. The zero-order chi connectivity index (χ0) is 16.7. The summed E-state index contributed by atoms with van der Waals surface area (Å²) < 4.78 is 0. The van der Waals surface area contributed by atoms with Gasteiger partial charge in [0.1, 0.15) is 0 Å². The fraction of sp³-hybridized carbons (Fsp3) is 0.421. The Balaban J connectivity index is 1.78. The van der Waals surface area contributed by atoms with Crippen molar-refractivity contribution in [3.8, 4) is 0 Å². The molecule has 2 heterocycles. The lowest BCUT2D eigenvalue weighted by Crippen LogP contribution is -2.42. The summed E-state index contributed by atoms with van der Waals surface area (Å²) in [6.07, 6.45) is 4.21. The molecular formula is C19H20N2O3. The minimum atomic E-state index is -0.808. The van der Waals surface area contributed by atoms with Crippen LogP contribution in [0, 0.1) is 5.92 Å². The number of carbonyl (C=O) groups is 2. The van der Waals surface area contributed by atoms with Crippen molar-refractivity contribution in [2.75, 3.05) is 13.1 Å². The van der Waals surface area contributed by atoms with Gasteiger partial charge in [-0.25, -0.2) is 0 Å². The van der Waals surface area contributed by atoms with Gasteiger partial charge < -0.3 is 10.0 Å². The molecule has 0 radical (unpaired) electrons. The lowest BCUT2D eigenvalue weighted by atomic mass is 9.95. The van der Waals surface area contributed by atoms with Gasteiger partial charge in [0.2, 0.25) is 0 Å². The molecule has 0 saturated carbocycles. The van der Waals surface area contributed by atoms with Crippen LogP contribution < -0.4 is 0 Å². The molecule has 1 aliphatic carbocycles. The molecule has 1 saturated heterocycles. The van der Waals surface area contributed by atoms with Gasteiger partial charge >= 0.3 is 5.97 Å². The third-order valence-electron chi connectivity index (χ3n) is 5.19. The third kappa shape index (κ3) is 2.44. The SMILES string of the molecule is O=C(O)C1CCCN(C(=O)c2c3c(nc4ccccc24)CCC3)C1. The van der Waals surface area contributed by atoms with Gasteiger partial charge in [0.25, 0.3) is 5.91 Å². The Hall–Kier alpha value is -2.43. The molecule has 2 aromatic rings. The number of carbonyl (C=O) groups excluding carboxylic acids is 1. The van der Waals surface area contributed by atoms with Crippen LogP contribution in [0.3, 0.4) is 0 Å². The van der Waals surface area contributed by atoms with Crippen LogP contribution in [0.15, 0.2) is 24.3 Å². The summed E-state index contributed by atoms with van der Waals surface area (Å²) >= 11 is 0. The second-order valence-corrected chi connectivity index (χ2v) is 6.71. The van der Waals surface area contributed by atoms with Crippen molar-refractivity contribution in [3.63, 3.8) is 0 Å². The molecule has 1 N–H and O–H groups in total. The first-order chi connectivity index (χ1) is 11.6. The molecule has 1 amide bonds. The van der Waals surface area contributed by atoms with Crippen LogP contribution in [0.5, 0.6) is 0 Å². The number of rotatable bonds is 2. The topological polar surface area (TPSA) is 70.5 Å². The number of hydrogen-bond donors (Lipinski definition) is 1. The number of amides is 1. The number of aryl methyl sites for hydroxylation is 1. The largest absolute Gasteiger partial charge is 0.481 e. The quantitative estimate of drug-likeness (QED) is 0.922. The van der Waals surface area contributed by atoms with Gasteiger partial charge in [-0.3, -0.25) is 14.6 Å². The Bertz CT molecular complexity index is 831. The Kier molecular flexibility index (Phi) is 3.71. The number of pyridine rings is 1. The first kappa shape index (κ1) is 15.1. The summed E-state index contributed by atoms with van der Waals surface area (Å²) in [5.41, 5.74) is 3.70. The molecular weight excluding hydrogens is 304 g/mol. The van der Waals surface area contributed by atoms with E-state index in [1.54, 1.807) is 4.90 Å². The summed E-state index contributed by atoms with van der Waals surface area (Å²) in [4.78, 5) is 31.0. The van der Waals surface area contributed by atoms with Gasteiger partial charge in [0.05, 0.1) is 17.0 Å². The minimum absolute atomic E-state index is 0.0299. The van der Waals surface area contributed by atoms with Crippen molar-refractivity contribution in [1.82, 2.24) is 9.88 Å². The van der Waals surface area contributed by atoms with Gasteiger partial charge in [-0.2, -0.15) is 0 Å². The van der Waals surface area contributed by atoms with Crippen LogP contribution >= 0.6 is 0 Å². The first-order valence-corrected chi connectivity index (χ1v) is 8.57. The van der Waals surface area contributed by atoms with E-state index >= 15 is 0 Å². The maximum absolute atomic E-state index is 13.2. The van der Waals surface area contributed by atoms with Crippen molar-refractivity contribution in [2.24, 2.45) is 5.92 Å². The molecule has 1 aromatic carbocycles. The Morgan fingerprint density at radius 3 is 2.83 bits per heavy atom. The molecule has 1 atom stereocenters. The van der Waals surface area contributed by atoms with E-state index in [1.165, 1.54) is 0 Å². The molecule has 5 heteroatoms. The molecule has 1 fully saturated rings. The highest BCUT2D eigenvalue weighted by Crippen LogP contribution is 2.31. The molecule has 1 unspecified atom stereocenters. The number of hydrogen-bond acceptors (Lipinski definition) is 3. The number of likely N-dealkylation sites (tertiary alicyclic amines) is 1. The van der Waals surface area contributed by atoms with Crippen molar-refractivity contribution < 1.29 is 14.7 Å². The predicted octanol–water partition coefficient (Wildman–Crippen LogP) is 2.66. The lowest BCUT2D eigenvalue weighted by Gasteiger charge is -2.31. The number of carboxylic acid groups (broad SMARTS) is 1. The molecule has 24 heavy (non-hydrogen) atoms. The first-order valence-electron chi connectivity index (χ1n) is 8.57. The van der Waals surface area contributed by atoms with Crippen LogP contribution in [0.2, 0.25) is 0 Å². The van der Waals surface area contributed by atoms with Crippen molar-refractivity contribution in [2.45, 2.75) is 32.1 Å². The molecule has 0 bridgehead atoms. The second kappa shape index (κ2) is 5.89. The number of carboxylic acids is 1. The standard InChI is InChI=1S/C19H20N2O3/c22-18(21-10-4-5-12(11-21)19(23)24)17-13-6-1-2-8-15(13)20-16-9-3-7-14(16)17/h1-2,6,8,12H,3-5,7,9-11H2,(H,23,24). The van der Waals surface area contributed by atoms with Gasteiger partial charge in [-0.1, -0.05) is 18.2 Å².